The van der Waals surface area contributed by atoms with E-state index in [-0.39, 0.29) is 5.41 Å². The van der Waals surface area contributed by atoms with Crippen molar-refractivity contribution in [2.45, 2.75) is 26.2 Å². The molecule has 0 saturated carbocycles. The molecule has 0 fully saturated rings. The zero-order chi connectivity index (χ0) is 12.6. The largest absolute Gasteiger partial charge is 0.397 e. The number of aryl methyl sites for hydroxylation is 1. The van der Waals surface area contributed by atoms with Crippen LogP contribution >= 0.6 is 0 Å². The molecule has 2 aromatic heterocycles. The van der Waals surface area contributed by atoms with Gasteiger partial charge in [0.2, 0.25) is 0 Å². The second kappa shape index (κ2) is 3.87. The Balaban J connectivity index is 2.64. The van der Waals surface area contributed by atoms with Gasteiger partial charge in [-0.2, -0.15) is 5.10 Å². The topological polar surface area (TPSA) is 56.7 Å². The fraction of sp³-hybridized carbons (Fsp3) is 0.385. The lowest BCUT2D eigenvalue weighted by Crippen LogP contribution is -2.14. The Morgan fingerprint density at radius 3 is 2.53 bits per heavy atom. The van der Waals surface area contributed by atoms with E-state index in [0.29, 0.717) is 5.69 Å². The predicted molar refractivity (Wildman–Crippen MR) is 69.6 cm³/mol. The van der Waals surface area contributed by atoms with Gasteiger partial charge in [0.25, 0.3) is 0 Å². The third-order valence-electron chi connectivity index (χ3n) is 2.68. The Hall–Kier alpha value is -1.84. The van der Waals surface area contributed by atoms with Crippen LogP contribution in [0.25, 0.3) is 11.1 Å². The molecule has 90 valence electrons. The molecule has 0 aliphatic carbocycles. The SMILES string of the molecule is Cn1cc(-c2ccncc2N)c(C(C)(C)C)n1. The molecule has 0 amide bonds. The molecule has 2 rings (SSSR count). The average Bonchev–Trinajstić information content (AvgIpc) is 2.60. The smallest absolute Gasteiger partial charge is 0.0756 e. The van der Waals surface area contributed by atoms with Crippen molar-refractivity contribution in [1.29, 1.82) is 0 Å². The highest BCUT2D eigenvalue weighted by Gasteiger charge is 2.23. The Kier molecular flexibility index (Phi) is 2.65. The molecule has 0 aliphatic heterocycles. The highest BCUT2D eigenvalue weighted by Crippen LogP contribution is 2.33. The molecule has 17 heavy (non-hydrogen) atoms. The van der Waals surface area contributed by atoms with E-state index in [4.69, 9.17) is 5.73 Å². The molecule has 2 N–H and O–H groups in total. The molecule has 0 saturated heterocycles. The van der Waals surface area contributed by atoms with Crippen LogP contribution in [0.15, 0.2) is 24.7 Å². The quantitative estimate of drug-likeness (QED) is 0.818. The summed E-state index contributed by atoms with van der Waals surface area (Å²) in [6.45, 7) is 6.45. The lowest BCUT2D eigenvalue weighted by atomic mass is 9.87. The van der Waals surface area contributed by atoms with Gasteiger partial charge in [0.05, 0.1) is 17.6 Å². The fourth-order valence-corrected chi connectivity index (χ4v) is 1.89. The Morgan fingerprint density at radius 2 is 1.94 bits per heavy atom. The van der Waals surface area contributed by atoms with Gasteiger partial charge in [-0.3, -0.25) is 9.67 Å². The van der Waals surface area contributed by atoms with Crippen molar-refractivity contribution in [1.82, 2.24) is 14.8 Å². The van der Waals surface area contributed by atoms with Crippen LogP contribution in [0.4, 0.5) is 5.69 Å². The minimum absolute atomic E-state index is 0.00764. The number of hydrogen-bond donors (Lipinski definition) is 1. The van der Waals surface area contributed by atoms with Crippen LogP contribution in [0.3, 0.4) is 0 Å². The van der Waals surface area contributed by atoms with E-state index >= 15 is 0 Å². The van der Waals surface area contributed by atoms with Crippen molar-refractivity contribution in [3.63, 3.8) is 0 Å². The van der Waals surface area contributed by atoms with E-state index < -0.39 is 0 Å². The Labute approximate surface area is 101 Å². The number of rotatable bonds is 1. The van der Waals surface area contributed by atoms with Crippen LogP contribution in [0.5, 0.6) is 0 Å². The summed E-state index contributed by atoms with van der Waals surface area (Å²) in [5.41, 5.74) is 9.79. The highest BCUT2D eigenvalue weighted by molar-refractivity contribution is 5.77. The molecule has 0 atom stereocenters. The second-order valence-electron chi connectivity index (χ2n) is 5.28. The van der Waals surface area contributed by atoms with Crippen molar-refractivity contribution >= 4 is 5.69 Å². The summed E-state index contributed by atoms with van der Waals surface area (Å²) >= 11 is 0. The molecular weight excluding hydrogens is 212 g/mol. The van der Waals surface area contributed by atoms with Crippen molar-refractivity contribution in [2.75, 3.05) is 5.73 Å². The number of hydrogen-bond acceptors (Lipinski definition) is 3. The standard InChI is InChI=1S/C13H18N4/c1-13(2,3)12-10(8-17(4)16-12)9-5-6-15-7-11(9)14/h5-8H,14H2,1-4H3. The van der Waals surface area contributed by atoms with E-state index in [0.717, 1.165) is 16.8 Å². The second-order valence-corrected chi connectivity index (χ2v) is 5.28. The summed E-state index contributed by atoms with van der Waals surface area (Å²) in [4.78, 5) is 4.02. The van der Waals surface area contributed by atoms with E-state index in [2.05, 4.69) is 30.9 Å². The Bertz CT molecular complexity index is 535. The van der Waals surface area contributed by atoms with Gasteiger partial charge in [-0.25, -0.2) is 0 Å². The highest BCUT2D eigenvalue weighted by atomic mass is 15.3. The van der Waals surface area contributed by atoms with Gasteiger partial charge < -0.3 is 5.73 Å². The zero-order valence-corrected chi connectivity index (χ0v) is 10.7. The third-order valence-corrected chi connectivity index (χ3v) is 2.68. The number of nitrogens with two attached hydrogens (primary N) is 1. The summed E-state index contributed by atoms with van der Waals surface area (Å²) < 4.78 is 1.83. The van der Waals surface area contributed by atoms with Gasteiger partial charge in [-0.15, -0.1) is 0 Å². The van der Waals surface area contributed by atoms with Crippen LogP contribution in [0.2, 0.25) is 0 Å². The van der Waals surface area contributed by atoms with Crippen LogP contribution < -0.4 is 5.73 Å². The summed E-state index contributed by atoms with van der Waals surface area (Å²) in [5, 5.41) is 4.54. The fourth-order valence-electron chi connectivity index (χ4n) is 1.89. The minimum atomic E-state index is -0.00764. The van der Waals surface area contributed by atoms with Crippen molar-refractivity contribution in [3.8, 4) is 11.1 Å². The molecule has 4 heteroatoms. The number of nitrogens with zero attached hydrogens (tertiary/aromatic N) is 3. The van der Waals surface area contributed by atoms with Crippen molar-refractivity contribution in [2.24, 2.45) is 7.05 Å². The van der Waals surface area contributed by atoms with Gasteiger partial charge >= 0.3 is 0 Å². The molecule has 0 aromatic carbocycles. The number of pyridine rings is 1. The maximum absolute atomic E-state index is 5.97. The molecule has 0 radical (unpaired) electrons. The van der Waals surface area contributed by atoms with Crippen molar-refractivity contribution < 1.29 is 0 Å². The van der Waals surface area contributed by atoms with Crippen LogP contribution in [0.1, 0.15) is 26.5 Å². The van der Waals surface area contributed by atoms with Gasteiger partial charge in [0.15, 0.2) is 0 Å². The van der Waals surface area contributed by atoms with E-state index in [1.54, 1.807) is 12.4 Å². The van der Waals surface area contributed by atoms with Crippen LogP contribution in [0, 0.1) is 0 Å². The summed E-state index contributed by atoms with van der Waals surface area (Å²) in [6, 6.07) is 1.93. The first-order chi connectivity index (χ1) is 7.89. The normalized spacial score (nSPS) is 11.8. The van der Waals surface area contributed by atoms with Gasteiger partial charge in [0.1, 0.15) is 0 Å². The lowest BCUT2D eigenvalue weighted by Gasteiger charge is -2.18. The maximum atomic E-state index is 5.97. The van der Waals surface area contributed by atoms with Gasteiger partial charge in [-0.1, -0.05) is 20.8 Å². The monoisotopic (exact) mass is 230 g/mol. The summed E-state index contributed by atoms with van der Waals surface area (Å²) in [5.74, 6) is 0. The molecule has 0 aliphatic rings. The maximum Gasteiger partial charge on any atom is 0.0756 e. The first-order valence-electron chi connectivity index (χ1n) is 5.63. The van der Waals surface area contributed by atoms with Crippen LogP contribution in [-0.4, -0.2) is 14.8 Å². The Morgan fingerprint density at radius 1 is 1.24 bits per heavy atom. The lowest BCUT2D eigenvalue weighted by molar-refractivity contribution is 0.554. The van der Waals surface area contributed by atoms with Crippen molar-refractivity contribution in [3.05, 3.63) is 30.4 Å². The predicted octanol–water partition coefficient (Wildman–Crippen LogP) is 2.36. The molecule has 0 spiro atoms. The summed E-state index contributed by atoms with van der Waals surface area (Å²) in [7, 11) is 1.93. The average molecular weight is 230 g/mol. The number of aromatic nitrogens is 3. The first kappa shape index (κ1) is 11.6. The summed E-state index contributed by atoms with van der Waals surface area (Å²) in [6.07, 6.45) is 5.44. The molecule has 0 bridgehead atoms. The molecule has 2 heterocycles. The number of nitrogen functional groups attached to an aromatic ring is 1. The number of anilines is 1. The van der Waals surface area contributed by atoms with Gasteiger partial charge in [-0.05, 0) is 6.07 Å². The van der Waals surface area contributed by atoms with Crippen LogP contribution in [-0.2, 0) is 12.5 Å². The minimum Gasteiger partial charge on any atom is -0.397 e. The molecule has 0 unspecified atom stereocenters. The van der Waals surface area contributed by atoms with E-state index in [9.17, 15) is 0 Å². The molecular formula is C13H18N4. The molecule has 2 aromatic rings. The first-order valence-corrected chi connectivity index (χ1v) is 5.63. The van der Waals surface area contributed by atoms with Gasteiger partial charge in [0, 0.05) is 36.0 Å². The van der Waals surface area contributed by atoms with E-state index in [1.165, 1.54) is 0 Å². The zero-order valence-electron chi connectivity index (χ0n) is 10.7. The molecule has 4 nitrogen and oxygen atoms in total. The third kappa shape index (κ3) is 2.16. The van der Waals surface area contributed by atoms with E-state index in [1.807, 2.05) is 24.0 Å².